The van der Waals surface area contributed by atoms with Gasteiger partial charge in [0.15, 0.2) is 0 Å². The van der Waals surface area contributed by atoms with Crippen LogP contribution in [0.15, 0.2) is 46.0 Å². The highest BCUT2D eigenvalue weighted by Gasteiger charge is 2.30. The van der Waals surface area contributed by atoms with Gasteiger partial charge in [0.05, 0.1) is 0 Å². The molecule has 1 aromatic heterocycles. The van der Waals surface area contributed by atoms with Crippen molar-refractivity contribution in [3.8, 4) is 0 Å². The van der Waals surface area contributed by atoms with Gasteiger partial charge < -0.3 is 10.2 Å². The van der Waals surface area contributed by atoms with Gasteiger partial charge in [-0.25, -0.2) is 8.42 Å². The Kier molecular flexibility index (Phi) is 6.48. The summed E-state index contributed by atoms with van der Waals surface area (Å²) in [4.78, 5) is 26.2. The van der Waals surface area contributed by atoms with E-state index in [1.807, 2.05) is 19.1 Å². The quantitative estimate of drug-likeness (QED) is 0.769. The van der Waals surface area contributed by atoms with Crippen LogP contribution in [0.25, 0.3) is 0 Å². The molecular weight excluding hydrogens is 398 g/mol. The van der Waals surface area contributed by atoms with Gasteiger partial charge >= 0.3 is 0 Å². The predicted molar refractivity (Wildman–Crippen MR) is 108 cm³/mol. The molecule has 1 aliphatic rings. The minimum atomic E-state index is -3.47. The van der Waals surface area contributed by atoms with Gasteiger partial charge in [-0.2, -0.15) is 4.31 Å². The number of piperazine rings is 1. The van der Waals surface area contributed by atoms with Crippen molar-refractivity contribution in [1.29, 1.82) is 0 Å². The first-order chi connectivity index (χ1) is 13.4. The summed E-state index contributed by atoms with van der Waals surface area (Å²) in [6.45, 7) is 3.39. The summed E-state index contributed by atoms with van der Waals surface area (Å²) in [6, 6.07) is 10.6. The molecule has 0 aliphatic carbocycles. The van der Waals surface area contributed by atoms with Gasteiger partial charge in [-0.15, -0.1) is 11.3 Å². The van der Waals surface area contributed by atoms with Crippen LogP contribution in [0.2, 0.25) is 0 Å². The number of amides is 2. The SMILES string of the molecule is Cc1ccccc1C(=O)NCCC(=O)N1CCN(S(=O)(=O)c2cccs2)CC1. The van der Waals surface area contributed by atoms with Crippen molar-refractivity contribution in [3.05, 3.63) is 52.9 Å². The van der Waals surface area contributed by atoms with E-state index in [4.69, 9.17) is 0 Å². The third-order valence-corrected chi connectivity index (χ3v) is 7.97. The highest BCUT2D eigenvalue weighted by molar-refractivity contribution is 7.91. The first kappa shape index (κ1) is 20.5. The molecule has 3 rings (SSSR count). The maximum Gasteiger partial charge on any atom is 0.252 e. The lowest BCUT2D eigenvalue weighted by Crippen LogP contribution is -2.50. The van der Waals surface area contributed by atoms with E-state index in [-0.39, 0.29) is 37.9 Å². The third-order valence-electron chi connectivity index (χ3n) is 4.69. The molecule has 1 N–H and O–H groups in total. The summed E-state index contributed by atoms with van der Waals surface area (Å²) in [6.07, 6.45) is 0.190. The smallest absolute Gasteiger partial charge is 0.252 e. The lowest BCUT2D eigenvalue weighted by Gasteiger charge is -2.33. The lowest BCUT2D eigenvalue weighted by molar-refractivity contribution is -0.132. The molecule has 1 aliphatic heterocycles. The van der Waals surface area contributed by atoms with Crippen molar-refractivity contribution in [3.63, 3.8) is 0 Å². The molecular formula is C19H23N3O4S2. The highest BCUT2D eigenvalue weighted by atomic mass is 32.2. The predicted octanol–water partition coefficient (Wildman–Crippen LogP) is 1.71. The molecule has 0 bridgehead atoms. The van der Waals surface area contributed by atoms with E-state index < -0.39 is 10.0 Å². The molecule has 9 heteroatoms. The first-order valence-corrected chi connectivity index (χ1v) is 11.4. The van der Waals surface area contributed by atoms with E-state index >= 15 is 0 Å². The van der Waals surface area contributed by atoms with Gasteiger partial charge in [0.1, 0.15) is 4.21 Å². The summed E-state index contributed by atoms with van der Waals surface area (Å²) >= 11 is 1.19. The number of sulfonamides is 1. The number of nitrogens with zero attached hydrogens (tertiary/aromatic N) is 2. The maximum absolute atomic E-state index is 12.5. The molecule has 0 spiro atoms. The number of aryl methyl sites for hydroxylation is 1. The second kappa shape index (κ2) is 8.85. The Hall–Kier alpha value is -2.23. The van der Waals surface area contributed by atoms with E-state index in [0.717, 1.165) is 5.56 Å². The third kappa shape index (κ3) is 4.60. The van der Waals surface area contributed by atoms with Crippen molar-refractivity contribution in [2.45, 2.75) is 17.6 Å². The average Bonchev–Trinajstić information content (AvgIpc) is 3.24. The maximum atomic E-state index is 12.5. The van der Waals surface area contributed by atoms with Crippen LogP contribution in [0, 0.1) is 6.92 Å². The monoisotopic (exact) mass is 421 g/mol. The van der Waals surface area contributed by atoms with Gasteiger partial charge in [0.25, 0.3) is 15.9 Å². The Balaban J connectivity index is 1.45. The minimum absolute atomic E-state index is 0.0849. The fourth-order valence-corrected chi connectivity index (χ4v) is 5.65. The molecule has 0 saturated carbocycles. The minimum Gasteiger partial charge on any atom is -0.352 e. The molecule has 150 valence electrons. The summed E-state index contributed by atoms with van der Waals surface area (Å²) < 4.78 is 26.8. The molecule has 0 atom stereocenters. The van der Waals surface area contributed by atoms with Crippen LogP contribution < -0.4 is 5.32 Å². The molecule has 2 aromatic rings. The van der Waals surface area contributed by atoms with E-state index in [0.29, 0.717) is 22.9 Å². The Bertz CT molecular complexity index is 934. The second-order valence-corrected chi connectivity index (χ2v) is 9.65. The van der Waals surface area contributed by atoms with E-state index in [1.54, 1.807) is 34.5 Å². The number of nitrogens with one attached hydrogen (secondary N) is 1. The molecule has 28 heavy (non-hydrogen) atoms. The number of thiophene rings is 1. The van der Waals surface area contributed by atoms with E-state index in [1.165, 1.54) is 15.6 Å². The number of benzene rings is 1. The van der Waals surface area contributed by atoms with Crippen LogP contribution in [-0.4, -0.2) is 62.2 Å². The zero-order chi connectivity index (χ0) is 20.1. The molecule has 2 amide bonds. The van der Waals surface area contributed by atoms with Crippen molar-refractivity contribution < 1.29 is 18.0 Å². The molecule has 1 saturated heterocycles. The summed E-state index contributed by atoms with van der Waals surface area (Å²) in [5.74, 6) is -0.281. The summed E-state index contributed by atoms with van der Waals surface area (Å²) in [5, 5.41) is 4.50. The van der Waals surface area contributed by atoms with Crippen LogP contribution in [-0.2, 0) is 14.8 Å². The number of carbonyl (C=O) groups is 2. The molecule has 7 nitrogen and oxygen atoms in total. The van der Waals surface area contributed by atoms with Crippen molar-refractivity contribution >= 4 is 33.2 Å². The van der Waals surface area contributed by atoms with Gasteiger partial charge in [0, 0.05) is 44.7 Å². The number of carbonyl (C=O) groups excluding carboxylic acids is 2. The van der Waals surface area contributed by atoms with Crippen molar-refractivity contribution in [1.82, 2.24) is 14.5 Å². The Morgan fingerprint density at radius 3 is 2.43 bits per heavy atom. The number of hydrogen-bond acceptors (Lipinski definition) is 5. The zero-order valence-electron chi connectivity index (χ0n) is 15.6. The van der Waals surface area contributed by atoms with Gasteiger partial charge in [0.2, 0.25) is 5.91 Å². The summed E-state index contributed by atoms with van der Waals surface area (Å²) in [7, 11) is -3.47. The number of hydrogen-bond donors (Lipinski definition) is 1. The standard InChI is InChI=1S/C19H23N3O4S2/c1-15-5-2-3-6-16(15)19(24)20-9-8-17(23)21-10-12-22(13-11-21)28(25,26)18-7-4-14-27-18/h2-7,14H,8-13H2,1H3,(H,20,24). The first-order valence-electron chi connectivity index (χ1n) is 9.05. The molecule has 1 fully saturated rings. The fraction of sp³-hybridized carbons (Fsp3) is 0.368. The van der Waals surface area contributed by atoms with Gasteiger partial charge in [-0.1, -0.05) is 24.3 Å². The fourth-order valence-electron chi connectivity index (χ4n) is 3.08. The second-order valence-electron chi connectivity index (χ2n) is 6.54. The number of rotatable bonds is 6. The van der Waals surface area contributed by atoms with E-state index in [9.17, 15) is 18.0 Å². The zero-order valence-corrected chi connectivity index (χ0v) is 17.3. The van der Waals surface area contributed by atoms with E-state index in [2.05, 4.69) is 5.32 Å². The normalized spacial score (nSPS) is 15.4. The van der Waals surface area contributed by atoms with Gasteiger partial charge in [-0.05, 0) is 30.0 Å². The molecule has 0 radical (unpaired) electrons. The Morgan fingerprint density at radius 2 is 1.79 bits per heavy atom. The van der Waals surface area contributed by atoms with Gasteiger partial charge in [-0.3, -0.25) is 9.59 Å². The summed E-state index contributed by atoms with van der Waals surface area (Å²) in [5.41, 5.74) is 1.48. The van der Waals surface area contributed by atoms with Crippen molar-refractivity contribution in [2.75, 3.05) is 32.7 Å². The Labute approximate surface area is 169 Å². The van der Waals surface area contributed by atoms with Crippen LogP contribution >= 0.6 is 11.3 Å². The average molecular weight is 422 g/mol. The van der Waals surface area contributed by atoms with Crippen LogP contribution in [0.1, 0.15) is 22.3 Å². The van der Waals surface area contributed by atoms with Crippen LogP contribution in [0.5, 0.6) is 0 Å². The van der Waals surface area contributed by atoms with Crippen LogP contribution in [0.4, 0.5) is 0 Å². The lowest BCUT2D eigenvalue weighted by atomic mass is 10.1. The van der Waals surface area contributed by atoms with Crippen LogP contribution in [0.3, 0.4) is 0 Å². The molecule has 2 heterocycles. The topological polar surface area (TPSA) is 86.8 Å². The Morgan fingerprint density at radius 1 is 1.07 bits per heavy atom. The molecule has 0 unspecified atom stereocenters. The largest absolute Gasteiger partial charge is 0.352 e. The molecule has 1 aromatic carbocycles. The van der Waals surface area contributed by atoms with Crippen molar-refractivity contribution in [2.24, 2.45) is 0 Å². The highest BCUT2D eigenvalue weighted by Crippen LogP contribution is 2.22.